The van der Waals surface area contributed by atoms with Crippen LogP contribution in [0, 0.1) is 0 Å². The van der Waals surface area contributed by atoms with Gasteiger partial charge in [0.05, 0.1) is 33.5 Å². The maximum absolute atomic E-state index is 5.56. The fourth-order valence-electron chi connectivity index (χ4n) is 3.44. The molecule has 1 fully saturated rings. The summed E-state index contributed by atoms with van der Waals surface area (Å²) in [5, 5.41) is 10.3. The molecule has 1 atom stereocenters. The Bertz CT molecular complexity index is 669. The monoisotopic (exact) mass is 421 g/mol. The predicted octanol–water partition coefficient (Wildman–Crippen LogP) is 1.63. The van der Waals surface area contributed by atoms with E-state index in [1.54, 1.807) is 21.3 Å². The van der Waals surface area contributed by atoms with Gasteiger partial charge in [-0.15, -0.1) is 0 Å². The number of morpholine rings is 1. The Hall–Kier alpha value is -2.03. The van der Waals surface area contributed by atoms with Crippen LogP contribution < -0.4 is 25.4 Å². The van der Waals surface area contributed by atoms with Gasteiger partial charge >= 0.3 is 0 Å². The van der Waals surface area contributed by atoms with Gasteiger partial charge in [-0.3, -0.25) is 9.89 Å². The number of nitrogens with one attached hydrogen (secondary N) is 3. The van der Waals surface area contributed by atoms with E-state index in [1.807, 2.05) is 6.07 Å². The minimum absolute atomic E-state index is 0.105. The quantitative estimate of drug-likeness (QED) is 0.318. The number of hydrogen-bond donors (Lipinski definition) is 3. The molecule has 0 bridgehead atoms. The molecule has 1 heterocycles. The molecule has 0 aliphatic carbocycles. The lowest BCUT2D eigenvalue weighted by atomic mass is 10.0. The first-order valence-corrected chi connectivity index (χ1v) is 10.6. The standard InChI is InChI=1S/C22H39N5O3/c1-22(2,3)26-10-9-24-21(23-4)25-16-18(27-11-13-30-14-12-27)17-7-8-19(28-5)20(15-17)29-6/h7-8,15,18,26H,9-14,16H2,1-6H3,(H2,23,24,25). The zero-order valence-corrected chi connectivity index (χ0v) is 19.4. The van der Waals surface area contributed by atoms with Crippen molar-refractivity contribution in [1.29, 1.82) is 0 Å². The van der Waals surface area contributed by atoms with Crippen LogP contribution in [0.3, 0.4) is 0 Å². The molecular formula is C22H39N5O3. The predicted molar refractivity (Wildman–Crippen MR) is 122 cm³/mol. The summed E-state index contributed by atoms with van der Waals surface area (Å²) in [6, 6.07) is 6.30. The van der Waals surface area contributed by atoms with Crippen molar-refractivity contribution >= 4 is 5.96 Å². The number of methoxy groups -OCH3 is 2. The lowest BCUT2D eigenvalue weighted by molar-refractivity contribution is 0.0169. The fourth-order valence-corrected chi connectivity index (χ4v) is 3.44. The van der Waals surface area contributed by atoms with Crippen molar-refractivity contribution < 1.29 is 14.2 Å². The van der Waals surface area contributed by atoms with Gasteiger partial charge in [0.15, 0.2) is 17.5 Å². The third-order valence-electron chi connectivity index (χ3n) is 5.04. The molecule has 0 radical (unpaired) electrons. The summed E-state index contributed by atoms with van der Waals surface area (Å²) >= 11 is 0. The van der Waals surface area contributed by atoms with Gasteiger partial charge in [-0.2, -0.15) is 0 Å². The van der Waals surface area contributed by atoms with Crippen LogP contribution >= 0.6 is 0 Å². The molecule has 0 saturated carbocycles. The van der Waals surface area contributed by atoms with Crippen molar-refractivity contribution in [2.24, 2.45) is 4.99 Å². The van der Waals surface area contributed by atoms with Gasteiger partial charge in [-0.1, -0.05) is 6.07 Å². The van der Waals surface area contributed by atoms with E-state index in [4.69, 9.17) is 14.2 Å². The number of aliphatic imine (C=N–C) groups is 1. The van der Waals surface area contributed by atoms with Crippen molar-refractivity contribution in [3.05, 3.63) is 23.8 Å². The summed E-state index contributed by atoms with van der Waals surface area (Å²) in [5.41, 5.74) is 1.28. The highest BCUT2D eigenvalue weighted by atomic mass is 16.5. The third kappa shape index (κ3) is 7.66. The van der Waals surface area contributed by atoms with Gasteiger partial charge < -0.3 is 30.2 Å². The minimum atomic E-state index is 0.105. The van der Waals surface area contributed by atoms with E-state index in [0.717, 1.165) is 63.4 Å². The highest BCUT2D eigenvalue weighted by Crippen LogP contribution is 2.32. The molecule has 1 unspecified atom stereocenters. The molecule has 0 aromatic heterocycles. The van der Waals surface area contributed by atoms with Crippen molar-refractivity contribution in [2.45, 2.75) is 32.4 Å². The lowest BCUT2D eigenvalue weighted by Gasteiger charge is -2.35. The summed E-state index contributed by atoms with van der Waals surface area (Å²) < 4.78 is 16.5. The zero-order valence-electron chi connectivity index (χ0n) is 19.4. The Kier molecular flexibility index (Phi) is 9.68. The van der Waals surface area contributed by atoms with Crippen molar-refractivity contribution in [3.8, 4) is 11.5 Å². The average Bonchev–Trinajstić information content (AvgIpc) is 2.75. The lowest BCUT2D eigenvalue weighted by Crippen LogP contribution is -2.48. The average molecular weight is 422 g/mol. The Labute approximate surface area is 181 Å². The van der Waals surface area contributed by atoms with E-state index in [1.165, 1.54) is 5.56 Å². The Morgan fingerprint density at radius 3 is 2.40 bits per heavy atom. The van der Waals surface area contributed by atoms with Crippen LogP contribution in [0.1, 0.15) is 32.4 Å². The maximum atomic E-state index is 5.56. The van der Waals surface area contributed by atoms with Gasteiger partial charge in [0.2, 0.25) is 0 Å². The fraction of sp³-hybridized carbons (Fsp3) is 0.682. The number of ether oxygens (including phenoxy) is 3. The Morgan fingerprint density at radius 1 is 1.10 bits per heavy atom. The second kappa shape index (κ2) is 12.0. The first kappa shape index (κ1) is 24.2. The van der Waals surface area contributed by atoms with Gasteiger partial charge in [0, 0.05) is 45.3 Å². The summed E-state index contributed by atoms with van der Waals surface area (Å²) in [6.07, 6.45) is 0. The molecular weight excluding hydrogens is 382 g/mol. The molecule has 1 aromatic rings. The number of hydrogen-bond acceptors (Lipinski definition) is 6. The van der Waals surface area contributed by atoms with E-state index in [0.29, 0.717) is 0 Å². The zero-order chi connectivity index (χ0) is 22.0. The largest absolute Gasteiger partial charge is 0.493 e. The number of guanidine groups is 1. The smallest absolute Gasteiger partial charge is 0.191 e. The van der Waals surface area contributed by atoms with Crippen LogP contribution in [-0.2, 0) is 4.74 Å². The molecule has 0 amide bonds. The van der Waals surface area contributed by atoms with E-state index < -0.39 is 0 Å². The van der Waals surface area contributed by atoms with Crippen molar-refractivity contribution in [3.63, 3.8) is 0 Å². The molecule has 1 aromatic carbocycles. The summed E-state index contributed by atoms with van der Waals surface area (Å²) in [6.45, 7) is 12.2. The molecule has 30 heavy (non-hydrogen) atoms. The van der Waals surface area contributed by atoms with Crippen LogP contribution in [0.2, 0.25) is 0 Å². The van der Waals surface area contributed by atoms with E-state index in [2.05, 4.69) is 58.7 Å². The molecule has 1 aliphatic heterocycles. The van der Waals surface area contributed by atoms with Crippen LogP contribution in [0.25, 0.3) is 0 Å². The van der Waals surface area contributed by atoms with Gasteiger partial charge in [0.25, 0.3) is 0 Å². The maximum Gasteiger partial charge on any atom is 0.191 e. The van der Waals surface area contributed by atoms with Crippen molar-refractivity contribution in [2.75, 3.05) is 67.2 Å². The van der Waals surface area contributed by atoms with E-state index in [9.17, 15) is 0 Å². The van der Waals surface area contributed by atoms with Gasteiger partial charge in [0.1, 0.15) is 0 Å². The third-order valence-corrected chi connectivity index (χ3v) is 5.04. The van der Waals surface area contributed by atoms with Crippen LogP contribution in [0.15, 0.2) is 23.2 Å². The number of benzene rings is 1. The number of rotatable bonds is 9. The topological polar surface area (TPSA) is 79.4 Å². The Morgan fingerprint density at radius 2 is 1.80 bits per heavy atom. The van der Waals surface area contributed by atoms with Crippen LogP contribution in [0.5, 0.6) is 11.5 Å². The highest BCUT2D eigenvalue weighted by molar-refractivity contribution is 5.79. The molecule has 2 rings (SSSR count). The second-order valence-electron chi connectivity index (χ2n) is 8.34. The van der Waals surface area contributed by atoms with Crippen molar-refractivity contribution in [1.82, 2.24) is 20.9 Å². The molecule has 3 N–H and O–H groups in total. The highest BCUT2D eigenvalue weighted by Gasteiger charge is 2.24. The molecule has 1 aliphatic rings. The number of nitrogens with zero attached hydrogens (tertiary/aromatic N) is 2. The van der Waals surface area contributed by atoms with Gasteiger partial charge in [-0.05, 0) is 38.5 Å². The minimum Gasteiger partial charge on any atom is -0.493 e. The second-order valence-corrected chi connectivity index (χ2v) is 8.34. The molecule has 8 nitrogen and oxygen atoms in total. The SMILES string of the molecule is CN=C(NCCNC(C)(C)C)NCC(c1ccc(OC)c(OC)c1)N1CCOCC1. The van der Waals surface area contributed by atoms with E-state index in [-0.39, 0.29) is 11.6 Å². The molecule has 8 heteroatoms. The summed E-state index contributed by atoms with van der Waals surface area (Å²) in [7, 11) is 5.12. The van der Waals surface area contributed by atoms with Crippen LogP contribution in [-0.4, -0.2) is 83.6 Å². The molecule has 1 saturated heterocycles. The molecule has 170 valence electrons. The summed E-state index contributed by atoms with van der Waals surface area (Å²) in [5.74, 6) is 2.27. The van der Waals surface area contributed by atoms with Crippen LogP contribution in [0.4, 0.5) is 0 Å². The van der Waals surface area contributed by atoms with Gasteiger partial charge in [-0.25, -0.2) is 0 Å². The molecule has 0 spiro atoms. The normalized spacial score (nSPS) is 16.8. The Balaban J connectivity index is 2.04. The summed E-state index contributed by atoms with van der Waals surface area (Å²) in [4.78, 5) is 6.81. The van der Waals surface area contributed by atoms with E-state index >= 15 is 0 Å². The first-order valence-electron chi connectivity index (χ1n) is 10.6. The first-order chi connectivity index (χ1) is 14.4.